The van der Waals surface area contributed by atoms with Crippen LogP contribution < -0.4 is 9.47 Å². The van der Waals surface area contributed by atoms with Gasteiger partial charge in [0.05, 0.1) is 25.6 Å². The Labute approximate surface area is 175 Å². The van der Waals surface area contributed by atoms with Crippen LogP contribution in [0.15, 0.2) is 76.6 Å². The minimum Gasteiger partial charge on any atom is -0.493 e. The number of ether oxygens (including phenoxy) is 2. The summed E-state index contributed by atoms with van der Waals surface area (Å²) in [4.78, 5) is 6.42. The van der Waals surface area contributed by atoms with Gasteiger partial charge in [-0.15, -0.1) is 11.8 Å². The van der Waals surface area contributed by atoms with Crippen molar-refractivity contribution in [2.75, 3.05) is 14.2 Å². The molecule has 0 unspecified atom stereocenters. The van der Waals surface area contributed by atoms with E-state index in [0.29, 0.717) is 5.92 Å². The van der Waals surface area contributed by atoms with E-state index >= 15 is 0 Å². The van der Waals surface area contributed by atoms with Crippen molar-refractivity contribution in [3.05, 3.63) is 83.4 Å². The predicted molar refractivity (Wildman–Crippen MR) is 119 cm³/mol. The van der Waals surface area contributed by atoms with E-state index in [4.69, 9.17) is 14.5 Å². The van der Waals surface area contributed by atoms with Crippen LogP contribution in [-0.4, -0.2) is 19.9 Å². The molecular weight excluding hydrogens is 378 g/mol. The van der Waals surface area contributed by atoms with Crippen molar-refractivity contribution in [1.29, 1.82) is 0 Å². The Morgan fingerprint density at radius 1 is 0.897 bits per heavy atom. The smallest absolute Gasteiger partial charge is 0.161 e. The van der Waals surface area contributed by atoms with Gasteiger partial charge in [0.2, 0.25) is 0 Å². The van der Waals surface area contributed by atoms with E-state index in [1.54, 1.807) is 14.2 Å². The zero-order chi connectivity index (χ0) is 19.8. The van der Waals surface area contributed by atoms with Gasteiger partial charge in [0.1, 0.15) is 0 Å². The molecule has 29 heavy (non-hydrogen) atoms. The number of thioether (sulfide) groups is 1. The third-order valence-corrected chi connectivity index (χ3v) is 7.28. The average Bonchev–Trinajstić information content (AvgIpc) is 2.95. The Kier molecular flexibility index (Phi) is 4.80. The first-order valence-corrected chi connectivity index (χ1v) is 10.8. The maximum absolute atomic E-state index is 5.60. The van der Waals surface area contributed by atoms with Crippen LogP contribution >= 0.6 is 11.8 Å². The van der Waals surface area contributed by atoms with Crippen LogP contribution in [0.2, 0.25) is 0 Å². The number of nitrogens with zero attached hydrogens (tertiary/aromatic N) is 1. The standard InChI is InChI=1S/C25H23NO2S/c1-27-21-14-12-17(15-22(21)28-2)25-19-13-11-16-7-3-4-8-18(16)24(19)26-20-9-5-6-10-23(20)29-25/h3-10,12,14-15,19,25H,11,13H2,1-2H3/t19-,25-/m1/s1. The van der Waals surface area contributed by atoms with Gasteiger partial charge in [0.25, 0.3) is 0 Å². The Morgan fingerprint density at radius 2 is 1.69 bits per heavy atom. The van der Waals surface area contributed by atoms with E-state index < -0.39 is 0 Å². The Balaban J connectivity index is 1.67. The molecule has 0 saturated carbocycles. The lowest BCUT2D eigenvalue weighted by Crippen LogP contribution is -2.27. The molecule has 2 atom stereocenters. The van der Waals surface area contributed by atoms with Crippen LogP contribution in [0, 0.1) is 5.92 Å². The van der Waals surface area contributed by atoms with Gasteiger partial charge in [-0.05, 0) is 53.8 Å². The number of methoxy groups -OCH3 is 2. The van der Waals surface area contributed by atoms with Gasteiger partial charge in [-0.25, -0.2) is 0 Å². The fourth-order valence-electron chi connectivity index (χ4n) is 4.40. The molecule has 0 fully saturated rings. The van der Waals surface area contributed by atoms with Gasteiger partial charge in [0, 0.05) is 16.1 Å². The summed E-state index contributed by atoms with van der Waals surface area (Å²) in [7, 11) is 3.37. The highest BCUT2D eigenvalue weighted by Crippen LogP contribution is 2.51. The molecule has 5 rings (SSSR count). The van der Waals surface area contributed by atoms with Gasteiger partial charge in [-0.1, -0.05) is 42.5 Å². The molecule has 0 bridgehead atoms. The molecule has 2 aliphatic rings. The third-order valence-electron chi connectivity index (χ3n) is 5.83. The highest BCUT2D eigenvalue weighted by atomic mass is 32.2. The summed E-state index contributed by atoms with van der Waals surface area (Å²) in [6, 6.07) is 23.5. The molecule has 0 N–H and O–H groups in total. The third kappa shape index (κ3) is 3.22. The van der Waals surface area contributed by atoms with Gasteiger partial charge in [0.15, 0.2) is 11.5 Å². The van der Waals surface area contributed by atoms with Crippen molar-refractivity contribution in [3.63, 3.8) is 0 Å². The molecular formula is C25H23NO2S. The van der Waals surface area contributed by atoms with Crippen molar-refractivity contribution in [2.45, 2.75) is 23.0 Å². The van der Waals surface area contributed by atoms with Crippen LogP contribution in [0.3, 0.4) is 0 Å². The lowest BCUT2D eigenvalue weighted by atomic mass is 9.78. The molecule has 3 aromatic rings. The van der Waals surface area contributed by atoms with Crippen LogP contribution in [0.5, 0.6) is 11.5 Å². The summed E-state index contributed by atoms with van der Waals surface area (Å²) in [5, 5.41) is 0.269. The fourth-order valence-corrected chi connectivity index (χ4v) is 5.78. The summed E-state index contributed by atoms with van der Waals surface area (Å²) in [5.41, 5.74) is 6.23. The molecule has 3 aromatic carbocycles. The minimum absolute atomic E-state index is 0.269. The first-order valence-electron chi connectivity index (χ1n) is 9.93. The number of rotatable bonds is 3. The lowest BCUT2D eigenvalue weighted by Gasteiger charge is -2.31. The quantitative estimate of drug-likeness (QED) is 0.521. The van der Waals surface area contributed by atoms with Crippen molar-refractivity contribution >= 4 is 23.2 Å². The summed E-state index contributed by atoms with van der Waals surface area (Å²) in [5.74, 6) is 1.89. The zero-order valence-corrected chi connectivity index (χ0v) is 17.4. The number of benzene rings is 3. The minimum atomic E-state index is 0.269. The molecule has 3 nitrogen and oxygen atoms in total. The first-order chi connectivity index (χ1) is 14.3. The molecule has 0 spiro atoms. The van der Waals surface area contributed by atoms with Gasteiger partial charge >= 0.3 is 0 Å². The van der Waals surface area contributed by atoms with E-state index in [1.807, 2.05) is 17.8 Å². The number of aryl methyl sites for hydroxylation is 1. The highest BCUT2D eigenvalue weighted by molar-refractivity contribution is 7.99. The van der Waals surface area contributed by atoms with Gasteiger partial charge < -0.3 is 9.47 Å². The molecule has 4 heteroatoms. The van der Waals surface area contributed by atoms with Crippen LogP contribution in [-0.2, 0) is 6.42 Å². The average molecular weight is 402 g/mol. The first kappa shape index (κ1) is 18.3. The Bertz CT molecular complexity index is 1090. The Hall–Kier alpha value is -2.72. The second-order valence-electron chi connectivity index (χ2n) is 7.42. The predicted octanol–water partition coefficient (Wildman–Crippen LogP) is 6.23. The van der Waals surface area contributed by atoms with Crippen molar-refractivity contribution in [2.24, 2.45) is 10.9 Å². The van der Waals surface area contributed by atoms with E-state index in [2.05, 4.69) is 60.7 Å². The fraction of sp³-hybridized carbons (Fsp3) is 0.240. The van der Waals surface area contributed by atoms with E-state index in [-0.39, 0.29) is 5.25 Å². The van der Waals surface area contributed by atoms with E-state index in [0.717, 1.165) is 30.0 Å². The van der Waals surface area contributed by atoms with Gasteiger partial charge in [-0.3, -0.25) is 4.99 Å². The maximum Gasteiger partial charge on any atom is 0.161 e. The molecule has 0 aromatic heterocycles. The summed E-state index contributed by atoms with van der Waals surface area (Å²) in [6.45, 7) is 0. The number of hydrogen-bond donors (Lipinski definition) is 0. The van der Waals surface area contributed by atoms with Crippen molar-refractivity contribution in [1.82, 2.24) is 0 Å². The normalized spacial score (nSPS) is 19.9. The van der Waals surface area contributed by atoms with Crippen LogP contribution in [0.25, 0.3) is 0 Å². The van der Waals surface area contributed by atoms with Crippen molar-refractivity contribution in [3.8, 4) is 11.5 Å². The zero-order valence-electron chi connectivity index (χ0n) is 16.6. The monoisotopic (exact) mass is 401 g/mol. The maximum atomic E-state index is 5.60. The SMILES string of the molecule is COc1ccc([C@H]2Sc3ccccc3N=C3c4ccccc4CC[C@H]32)cc1OC. The second-order valence-corrected chi connectivity index (χ2v) is 8.60. The molecule has 1 aliphatic carbocycles. The Morgan fingerprint density at radius 3 is 2.55 bits per heavy atom. The molecule has 0 amide bonds. The lowest BCUT2D eigenvalue weighted by molar-refractivity contribution is 0.354. The largest absolute Gasteiger partial charge is 0.493 e. The molecule has 146 valence electrons. The van der Waals surface area contributed by atoms with E-state index in [9.17, 15) is 0 Å². The summed E-state index contributed by atoms with van der Waals surface area (Å²) in [6.07, 6.45) is 2.18. The summed E-state index contributed by atoms with van der Waals surface area (Å²) < 4.78 is 11.1. The summed E-state index contributed by atoms with van der Waals surface area (Å²) >= 11 is 1.91. The van der Waals surface area contributed by atoms with Gasteiger partial charge in [-0.2, -0.15) is 0 Å². The number of para-hydroxylation sites is 1. The highest BCUT2D eigenvalue weighted by Gasteiger charge is 2.36. The van der Waals surface area contributed by atoms with Crippen LogP contribution in [0.1, 0.15) is 28.4 Å². The number of fused-ring (bicyclic) bond motifs is 4. The van der Waals surface area contributed by atoms with Crippen molar-refractivity contribution < 1.29 is 9.47 Å². The topological polar surface area (TPSA) is 30.8 Å². The number of hydrogen-bond acceptors (Lipinski definition) is 4. The van der Waals surface area contributed by atoms with E-state index in [1.165, 1.54) is 27.3 Å². The second kappa shape index (κ2) is 7.60. The van der Waals surface area contributed by atoms with Crippen LogP contribution in [0.4, 0.5) is 5.69 Å². The molecule has 0 saturated heterocycles. The molecule has 1 aliphatic heterocycles. The molecule has 1 heterocycles. The number of aliphatic imine (C=N–C) groups is 1. The molecule has 0 radical (unpaired) electrons.